The number of hydrogen-bond donors (Lipinski definition) is 6. The van der Waals surface area contributed by atoms with Gasteiger partial charge in [-0.3, -0.25) is 9.59 Å². The van der Waals surface area contributed by atoms with Crippen molar-refractivity contribution in [3.63, 3.8) is 0 Å². The number of unbranched alkanes of at least 4 members (excludes halogenated alkanes) is 3. The zero-order chi connectivity index (χ0) is 41.6. The molecule has 11 heteroatoms. The average molecular weight is 801 g/mol. The lowest BCUT2D eigenvalue weighted by molar-refractivity contribution is -0.252. The Bertz CT molecular complexity index is 2110. The van der Waals surface area contributed by atoms with Crippen molar-refractivity contribution in [2.75, 3.05) is 31.2 Å². The highest BCUT2D eigenvalue weighted by Crippen LogP contribution is 2.39. The molecular weight excluding hydrogens is 745 g/mol. The molecule has 310 valence electrons. The highest BCUT2D eigenvalue weighted by Gasteiger charge is 2.33. The number of aliphatic hydroxyl groups excluding tert-OH is 2. The van der Waals surface area contributed by atoms with Crippen LogP contribution in [0.5, 0.6) is 5.75 Å². The maximum Gasteiger partial charge on any atom is 0.224 e. The van der Waals surface area contributed by atoms with Gasteiger partial charge in [0.25, 0.3) is 0 Å². The number of para-hydroxylation sites is 2. The van der Waals surface area contributed by atoms with Crippen molar-refractivity contribution in [2.45, 2.75) is 82.7 Å². The molecule has 1 heterocycles. The van der Waals surface area contributed by atoms with Crippen LogP contribution in [0.4, 0.5) is 11.4 Å². The molecule has 59 heavy (non-hydrogen) atoms. The van der Waals surface area contributed by atoms with E-state index in [1.807, 2.05) is 90.8 Å². The van der Waals surface area contributed by atoms with Crippen LogP contribution in [0.25, 0.3) is 11.1 Å². The molecule has 5 aromatic rings. The van der Waals surface area contributed by atoms with Gasteiger partial charge in [0.2, 0.25) is 11.8 Å². The van der Waals surface area contributed by atoms with Crippen molar-refractivity contribution < 1.29 is 34.4 Å². The van der Waals surface area contributed by atoms with Crippen LogP contribution in [0.1, 0.15) is 91.3 Å². The molecule has 0 unspecified atom stereocenters. The molecule has 1 saturated heterocycles. The summed E-state index contributed by atoms with van der Waals surface area (Å²) < 4.78 is 13.1. The smallest absolute Gasteiger partial charge is 0.224 e. The SMILES string of the molecule is CN(C[C@H]1C[C@@H](c2ccc(CO)cc2)O[C@@H](c2ccc(-c3cccc(CNC(=O)CCCCCCC(=O)Nc4ccccc4N)c3)cc2)O1)C[C@@H](O)c1cccc(O)c1. The number of nitrogens with zero attached hydrogens (tertiary/aromatic N) is 1. The van der Waals surface area contributed by atoms with Crippen LogP contribution in [0.15, 0.2) is 121 Å². The highest BCUT2D eigenvalue weighted by molar-refractivity contribution is 5.93. The molecule has 4 atom stereocenters. The number of amides is 2. The van der Waals surface area contributed by atoms with E-state index in [0.717, 1.165) is 59.1 Å². The Kier molecular flexibility index (Phi) is 15.6. The van der Waals surface area contributed by atoms with Crippen molar-refractivity contribution in [2.24, 2.45) is 0 Å². The molecule has 11 nitrogen and oxygen atoms in total. The second-order valence-electron chi connectivity index (χ2n) is 15.3. The lowest BCUT2D eigenvalue weighted by atomic mass is 9.98. The van der Waals surface area contributed by atoms with E-state index < -0.39 is 12.4 Å². The fraction of sp³-hybridized carbons (Fsp3) is 0.333. The first-order valence-corrected chi connectivity index (χ1v) is 20.4. The number of aliphatic hydroxyl groups is 2. The Labute approximate surface area is 346 Å². The van der Waals surface area contributed by atoms with Gasteiger partial charge in [0.1, 0.15) is 5.75 Å². The predicted molar refractivity (Wildman–Crippen MR) is 230 cm³/mol. The number of likely N-dealkylation sites (N-methyl/N-ethyl adjacent to an activating group) is 1. The van der Waals surface area contributed by atoms with Crippen molar-refractivity contribution in [3.05, 3.63) is 149 Å². The highest BCUT2D eigenvalue weighted by atomic mass is 16.7. The Hall–Kier alpha value is -5.56. The second kappa shape index (κ2) is 21.4. The summed E-state index contributed by atoms with van der Waals surface area (Å²) in [6, 6.07) is 37.9. The van der Waals surface area contributed by atoms with Gasteiger partial charge in [0.05, 0.1) is 36.3 Å². The first-order chi connectivity index (χ1) is 28.6. The van der Waals surface area contributed by atoms with Crippen LogP contribution in [0.2, 0.25) is 0 Å². The van der Waals surface area contributed by atoms with Crippen LogP contribution in [0, 0.1) is 0 Å². The van der Waals surface area contributed by atoms with Crippen molar-refractivity contribution in [3.8, 4) is 16.9 Å². The number of nitrogen functional groups attached to an aromatic ring is 1. The number of anilines is 2. The Morgan fingerprint density at radius 2 is 1.49 bits per heavy atom. The zero-order valence-corrected chi connectivity index (χ0v) is 33.6. The van der Waals surface area contributed by atoms with Gasteiger partial charge in [-0.1, -0.05) is 104 Å². The molecule has 2 amide bonds. The van der Waals surface area contributed by atoms with E-state index >= 15 is 0 Å². The number of hydrogen-bond acceptors (Lipinski definition) is 9. The normalized spacial score (nSPS) is 17.1. The molecule has 0 radical (unpaired) electrons. The van der Waals surface area contributed by atoms with Crippen LogP contribution >= 0.6 is 0 Å². The predicted octanol–water partition coefficient (Wildman–Crippen LogP) is 7.94. The molecule has 0 aliphatic carbocycles. The van der Waals surface area contributed by atoms with E-state index in [1.54, 1.807) is 36.4 Å². The van der Waals surface area contributed by atoms with E-state index in [4.69, 9.17) is 15.2 Å². The molecule has 0 spiro atoms. The summed E-state index contributed by atoms with van der Waals surface area (Å²) in [5.74, 6) is 0.0602. The standard InChI is InChI=1S/C48H56N4O7/c1-52(31-44(55)39-12-9-13-40(54)27-39)30-41-28-45(36-20-18-33(32-53)19-21-36)59-48(58-41)37-24-22-35(23-25-37)38-11-8-10-34(26-38)29-50-46(56)16-4-2-3-5-17-47(57)51-43-15-7-6-14-42(43)49/h6-15,18-27,41,44-45,48,53-55H,2-5,16-17,28-32,49H2,1H3,(H,50,56)(H,51,57)/t41-,44-,45+,48+/m1/s1. The van der Waals surface area contributed by atoms with Gasteiger partial charge in [-0.2, -0.15) is 0 Å². The molecule has 0 saturated carbocycles. The van der Waals surface area contributed by atoms with Crippen LogP contribution in [0.3, 0.4) is 0 Å². The van der Waals surface area contributed by atoms with Crippen molar-refractivity contribution in [1.29, 1.82) is 0 Å². The molecular formula is C48H56N4O7. The van der Waals surface area contributed by atoms with Gasteiger partial charge in [0, 0.05) is 44.5 Å². The second-order valence-corrected chi connectivity index (χ2v) is 15.3. The summed E-state index contributed by atoms with van der Waals surface area (Å²) >= 11 is 0. The Morgan fingerprint density at radius 1 is 0.780 bits per heavy atom. The molecule has 0 bridgehead atoms. The van der Waals surface area contributed by atoms with Crippen LogP contribution in [-0.2, 0) is 32.2 Å². The number of phenols is 1. The monoisotopic (exact) mass is 800 g/mol. The lowest BCUT2D eigenvalue weighted by Crippen LogP contribution is -2.39. The third-order valence-electron chi connectivity index (χ3n) is 10.6. The van der Waals surface area contributed by atoms with Gasteiger partial charge in [0.15, 0.2) is 6.29 Å². The topological polar surface area (TPSA) is 167 Å². The van der Waals surface area contributed by atoms with E-state index in [2.05, 4.69) is 16.7 Å². The molecule has 6 rings (SSSR count). The van der Waals surface area contributed by atoms with Crippen molar-refractivity contribution >= 4 is 23.2 Å². The number of nitrogens with two attached hydrogens (primary N) is 1. The van der Waals surface area contributed by atoms with Gasteiger partial charge < -0.3 is 46.1 Å². The lowest BCUT2D eigenvalue weighted by Gasteiger charge is -2.38. The van der Waals surface area contributed by atoms with Gasteiger partial charge >= 0.3 is 0 Å². The number of carbonyl (C=O) groups is 2. The van der Waals surface area contributed by atoms with Gasteiger partial charge in [-0.25, -0.2) is 0 Å². The summed E-state index contributed by atoms with van der Waals surface area (Å²) in [7, 11) is 1.94. The molecule has 7 N–H and O–H groups in total. The number of nitrogens with one attached hydrogen (secondary N) is 2. The molecule has 1 aliphatic rings. The largest absolute Gasteiger partial charge is 0.508 e. The number of carbonyl (C=O) groups excluding carboxylic acids is 2. The average Bonchev–Trinajstić information content (AvgIpc) is 3.25. The van der Waals surface area contributed by atoms with E-state index in [-0.39, 0.29) is 36.4 Å². The summed E-state index contributed by atoms with van der Waals surface area (Å²) in [5, 5.41) is 36.2. The first kappa shape index (κ1) is 43.0. The summed E-state index contributed by atoms with van der Waals surface area (Å²) in [5.41, 5.74) is 13.5. The fourth-order valence-electron chi connectivity index (χ4n) is 7.32. The molecule has 1 fully saturated rings. The Morgan fingerprint density at radius 3 is 2.22 bits per heavy atom. The minimum Gasteiger partial charge on any atom is -0.508 e. The molecule has 5 aromatic carbocycles. The number of benzene rings is 5. The third kappa shape index (κ3) is 13.0. The quantitative estimate of drug-likeness (QED) is 0.0359. The van der Waals surface area contributed by atoms with E-state index in [0.29, 0.717) is 55.8 Å². The molecule has 0 aromatic heterocycles. The van der Waals surface area contributed by atoms with Gasteiger partial charge in [-0.05, 0) is 83.6 Å². The number of aromatic hydroxyl groups is 1. The summed E-state index contributed by atoms with van der Waals surface area (Å²) in [4.78, 5) is 26.9. The van der Waals surface area contributed by atoms with E-state index in [1.165, 1.54) is 0 Å². The van der Waals surface area contributed by atoms with Gasteiger partial charge in [-0.15, -0.1) is 0 Å². The number of ether oxygens (including phenoxy) is 2. The number of rotatable bonds is 19. The molecule has 1 aliphatic heterocycles. The van der Waals surface area contributed by atoms with E-state index in [9.17, 15) is 24.9 Å². The minimum absolute atomic E-state index is 0.00402. The third-order valence-corrected chi connectivity index (χ3v) is 10.6. The van der Waals surface area contributed by atoms with Crippen LogP contribution < -0.4 is 16.4 Å². The maximum absolute atomic E-state index is 12.6. The maximum atomic E-state index is 12.6. The minimum atomic E-state index is -0.775. The van der Waals surface area contributed by atoms with Crippen LogP contribution in [-0.4, -0.2) is 58.3 Å². The van der Waals surface area contributed by atoms with Crippen molar-refractivity contribution in [1.82, 2.24) is 10.2 Å². The summed E-state index contributed by atoms with van der Waals surface area (Å²) in [6.07, 6.45) is 2.86. The number of phenolic OH excluding ortho intramolecular Hbond substituents is 1. The zero-order valence-electron chi connectivity index (χ0n) is 33.6. The first-order valence-electron chi connectivity index (χ1n) is 20.4. The Balaban J connectivity index is 0.995. The fourth-order valence-corrected chi connectivity index (χ4v) is 7.32. The summed E-state index contributed by atoms with van der Waals surface area (Å²) in [6.45, 7) is 1.31.